The van der Waals surface area contributed by atoms with Gasteiger partial charge in [0.1, 0.15) is 0 Å². The van der Waals surface area contributed by atoms with E-state index in [0.29, 0.717) is 11.1 Å². The molecular formula is C16H21NO3. The molecule has 1 amide bonds. The van der Waals surface area contributed by atoms with Crippen molar-refractivity contribution in [2.75, 3.05) is 13.6 Å². The van der Waals surface area contributed by atoms with E-state index in [1.54, 1.807) is 36.2 Å². The Balaban J connectivity index is 2.73. The molecule has 0 fully saturated rings. The molecule has 0 aliphatic heterocycles. The van der Waals surface area contributed by atoms with Crippen LogP contribution in [0.4, 0.5) is 0 Å². The zero-order valence-corrected chi connectivity index (χ0v) is 12.0. The zero-order chi connectivity index (χ0) is 15.0. The molecule has 0 saturated heterocycles. The highest BCUT2D eigenvalue weighted by Crippen LogP contribution is 2.10. The number of hydrogen-bond acceptors (Lipinski definition) is 2. The molecule has 1 aromatic carbocycles. The average Bonchev–Trinajstić information content (AvgIpc) is 2.44. The van der Waals surface area contributed by atoms with Crippen LogP contribution in [0, 0.1) is 0 Å². The van der Waals surface area contributed by atoms with Gasteiger partial charge in [0.25, 0.3) is 5.91 Å². The Morgan fingerprint density at radius 3 is 2.70 bits per heavy atom. The Labute approximate surface area is 119 Å². The summed E-state index contributed by atoms with van der Waals surface area (Å²) in [6.45, 7) is 2.86. The topological polar surface area (TPSA) is 57.6 Å². The van der Waals surface area contributed by atoms with Crippen LogP contribution in [0.3, 0.4) is 0 Å². The first-order chi connectivity index (χ1) is 9.54. The lowest BCUT2D eigenvalue weighted by Gasteiger charge is -2.17. The third kappa shape index (κ3) is 5.26. The van der Waals surface area contributed by atoms with Gasteiger partial charge in [-0.1, -0.05) is 31.9 Å². The summed E-state index contributed by atoms with van der Waals surface area (Å²) in [4.78, 5) is 24.4. The minimum atomic E-state index is -1.00. The van der Waals surface area contributed by atoms with Gasteiger partial charge < -0.3 is 10.0 Å². The number of hydrogen-bond donors (Lipinski definition) is 1. The van der Waals surface area contributed by atoms with E-state index in [1.165, 1.54) is 6.08 Å². The molecule has 0 unspecified atom stereocenters. The Hall–Kier alpha value is -2.10. The van der Waals surface area contributed by atoms with Crippen molar-refractivity contribution >= 4 is 18.0 Å². The van der Waals surface area contributed by atoms with Crippen LogP contribution in [-0.2, 0) is 4.79 Å². The lowest BCUT2D eigenvalue weighted by Crippen LogP contribution is -2.27. The predicted molar refractivity (Wildman–Crippen MR) is 79.6 cm³/mol. The first-order valence-corrected chi connectivity index (χ1v) is 6.81. The van der Waals surface area contributed by atoms with Crippen LogP contribution in [0.25, 0.3) is 6.08 Å². The molecular weight excluding hydrogens is 254 g/mol. The van der Waals surface area contributed by atoms with Crippen molar-refractivity contribution in [2.24, 2.45) is 0 Å². The van der Waals surface area contributed by atoms with E-state index in [9.17, 15) is 9.59 Å². The maximum absolute atomic E-state index is 12.2. The van der Waals surface area contributed by atoms with E-state index in [1.807, 2.05) is 0 Å². The van der Waals surface area contributed by atoms with E-state index in [2.05, 4.69) is 6.92 Å². The smallest absolute Gasteiger partial charge is 0.328 e. The van der Waals surface area contributed by atoms with Crippen LogP contribution < -0.4 is 0 Å². The maximum atomic E-state index is 12.2. The zero-order valence-electron chi connectivity index (χ0n) is 12.0. The SMILES string of the molecule is CCCCCN(C)C(=O)c1cccc(C=CC(=O)O)c1. The molecule has 0 radical (unpaired) electrons. The quantitative estimate of drug-likeness (QED) is 0.614. The van der Waals surface area contributed by atoms with Crippen LogP contribution in [0.15, 0.2) is 30.3 Å². The molecule has 0 aliphatic rings. The second-order valence-corrected chi connectivity index (χ2v) is 4.73. The van der Waals surface area contributed by atoms with Crippen molar-refractivity contribution < 1.29 is 14.7 Å². The van der Waals surface area contributed by atoms with Gasteiger partial charge in [-0.25, -0.2) is 4.79 Å². The highest BCUT2D eigenvalue weighted by atomic mass is 16.4. The lowest BCUT2D eigenvalue weighted by atomic mass is 10.1. The summed E-state index contributed by atoms with van der Waals surface area (Å²) in [7, 11) is 1.79. The maximum Gasteiger partial charge on any atom is 0.328 e. The number of rotatable bonds is 7. The minimum absolute atomic E-state index is 0.0355. The standard InChI is InChI=1S/C16H21NO3/c1-3-4-5-11-17(2)16(20)14-8-6-7-13(12-14)9-10-15(18)19/h6-10,12H,3-5,11H2,1-2H3,(H,18,19). The van der Waals surface area contributed by atoms with Crippen molar-refractivity contribution in [1.29, 1.82) is 0 Å². The van der Waals surface area contributed by atoms with Crippen molar-refractivity contribution in [3.8, 4) is 0 Å². The first kappa shape index (κ1) is 16.0. The van der Waals surface area contributed by atoms with E-state index in [4.69, 9.17) is 5.11 Å². The van der Waals surface area contributed by atoms with E-state index in [0.717, 1.165) is 31.9 Å². The lowest BCUT2D eigenvalue weighted by molar-refractivity contribution is -0.131. The molecule has 0 atom stereocenters. The summed E-state index contributed by atoms with van der Waals surface area (Å²) in [5, 5.41) is 8.60. The van der Waals surface area contributed by atoms with Crippen molar-refractivity contribution in [3.05, 3.63) is 41.5 Å². The minimum Gasteiger partial charge on any atom is -0.478 e. The predicted octanol–water partition coefficient (Wildman–Crippen LogP) is 3.05. The number of nitrogens with zero attached hydrogens (tertiary/aromatic N) is 1. The summed E-state index contributed by atoms with van der Waals surface area (Å²) in [6, 6.07) is 6.98. The number of carboxylic acids is 1. The monoisotopic (exact) mass is 275 g/mol. The van der Waals surface area contributed by atoms with Gasteiger partial charge in [-0.2, -0.15) is 0 Å². The number of unbranched alkanes of at least 4 members (excludes halogenated alkanes) is 2. The fourth-order valence-corrected chi connectivity index (χ4v) is 1.86. The van der Waals surface area contributed by atoms with E-state index < -0.39 is 5.97 Å². The summed E-state index contributed by atoms with van der Waals surface area (Å²) < 4.78 is 0. The summed E-state index contributed by atoms with van der Waals surface area (Å²) >= 11 is 0. The molecule has 0 heterocycles. The molecule has 0 saturated carbocycles. The van der Waals surface area contributed by atoms with E-state index in [-0.39, 0.29) is 5.91 Å². The molecule has 4 heteroatoms. The summed E-state index contributed by atoms with van der Waals surface area (Å²) in [5.41, 5.74) is 1.29. The Morgan fingerprint density at radius 1 is 1.30 bits per heavy atom. The van der Waals surface area contributed by atoms with Crippen LogP contribution in [0.5, 0.6) is 0 Å². The van der Waals surface area contributed by atoms with Gasteiger partial charge in [-0.05, 0) is 30.2 Å². The molecule has 108 valence electrons. The second kappa shape index (κ2) is 8.15. The second-order valence-electron chi connectivity index (χ2n) is 4.73. The molecule has 4 nitrogen and oxygen atoms in total. The number of carbonyl (C=O) groups is 2. The van der Waals surface area contributed by atoms with Crippen molar-refractivity contribution in [3.63, 3.8) is 0 Å². The molecule has 1 N–H and O–H groups in total. The molecule has 0 spiro atoms. The highest BCUT2D eigenvalue weighted by Gasteiger charge is 2.11. The third-order valence-corrected chi connectivity index (χ3v) is 3.00. The third-order valence-electron chi connectivity index (χ3n) is 3.00. The van der Waals surface area contributed by atoms with Crippen molar-refractivity contribution in [1.82, 2.24) is 4.90 Å². The molecule has 0 aliphatic carbocycles. The number of carbonyl (C=O) groups excluding carboxylic acids is 1. The Bertz CT molecular complexity index is 494. The van der Waals surface area contributed by atoms with Crippen LogP contribution in [0.2, 0.25) is 0 Å². The van der Waals surface area contributed by atoms with Gasteiger partial charge in [0.05, 0.1) is 0 Å². The van der Waals surface area contributed by atoms with E-state index >= 15 is 0 Å². The van der Waals surface area contributed by atoms with Gasteiger partial charge in [-0.15, -0.1) is 0 Å². The van der Waals surface area contributed by atoms with Crippen LogP contribution in [0.1, 0.15) is 42.1 Å². The number of aliphatic carboxylic acids is 1. The molecule has 1 aromatic rings. The molecule has 0 aromatic heterocycles. The fraction of sp³-hybridized carbons (Fsp3) is 0.375. The average molecular weight is 275 g/mol. The van der Waals surface area contributed by atoms with Gasteiger partial charge in [0.15, 0.2) is 0 Å². The molecule has 0 bridgehead atoms. The Morgan fingerprint density at radius 2 is 2.05 bits per heavy atom. The number of carboxylic acid groups (broad SMARTS) is 1. The summed E-state index contributed by atoms with van der Waals surface area (Å²) in [5.74, 6) is -1.04. The first-order valence-electron chi connectivity index (χ1n) is 6.81. The van der Waals surface area contributed by atoms with Gasteiger partial charge in [0, 0.05) is 25.2 Å². The normalized spacial score (nSPS) is 10.7. The number of amides is 1. The molecule has 20 heavy (non-hydrogen) atoms. The number of benzene rings is 1. The van der Waals surface area contributed by atoms with Gasteiger partial charge in [0.2, 0.25) is 0 Å². The van der Waals surface area contributed by atoms with Gasteiger partial charge >= 0.3 is 5.97 Å². The van der Waals surface area contributed by atoms with Crippen molar-refractivity contribution in [2.45, 2.75) is 26.2 Å². The Kier molecular flexibility index (Phi) is 6.50. The van der Waals surface area contributed by atoms with Crippen LogP contribution >= 0.6 is 0 Å². The van der Waals surface area contributed by atoms with Gasteiger partial charge in [-0.3, -0.25) is 4.79 Å². The largest absolute Gasteiger partial charge is 0.478 e. The van der Waals surface area contributed by atoms with Crippen LogP contribution in [-0.4, -0.2) is 35.5 Å². The summed E-state index contributed by atoms with van der Waals surface area (Å²) in [6.07, 6.45) is 5.78. The molecule has 1 rings (SSSR count). The highest BCUT2D eigenvalue weighted by molar-refractivity contribution is 5.95. The fourth-order valence-electron chi connectivity index (χ4n) is 1.86.